The van der Waals surface area contributed by atoms with Gasteiger partial charge in [0.15, 0.2) is 5.17 Å². The van der Waals surface area contributed by atoms with E-state index in [0.717, 1.165) is 73.2 Å². The van der Waals surface area contributed by atoms with Crippen LogP contribution in [0.25, 0.3) is 0 Å². The number of piperazine rings is 1. The summed E-state index contributed by atoms with van der Waals surface area (Å²) in [6.45, 7) is 8.45. The standard InChI is InChI=1S/C26H34N4O2S/c1-18-22-7-6-20(16-23(18)22)24-17-33-26(28-24)29-25(31)15-19-4-2-5-21(14-19)32-13-3-10-30-11-8-27-9-12-30/h2,4-7,14,16,18,22-24,27H,3,8-13,15,17H2,1H3,(H,28,29,31). The maximum Gasteiger partial charge on any atom is 0.230 e. The molecule has 6 nitrogen and oxygen atoms in total. The number of nitrogens with zero attached hydrogens (tertiary/aromatic N) is 2. The highest BCUT2D eigenvalue weighted by Crippen LogP contribution is 2.51. The number of rotatable bonds is 8. The quantitative estimate of drug-likeness (QED) is 0.577. The molecule has 1 aromatic rings. The summed E-state index contributed by atoms with van der Waals surface area (Å²) in [6.07, 6.45) is 8.30. The van der Waals surface area contributed by atoms with Crippen LogP contribution in [0.5, 0.6) is 5.75 Å². The van der Waals surface area contributed by atoms with Crippen LogP contribution in [0.4, 0.5) is 0 Å². The molecule has 2 fully saturated rings. The lowest BCUT2D eigenvalue weighted by molar-refractivity contribution is -0.119. The summed E-state index contributed by atoms with van der Waals surface area (Å²) in [5.74, 6) is 3.90. The molecule has 4 aliphatic rings. The second-order valence-corrected chi connectivity index (χ2v) is 10.5. The number of nitrogens with one attached hydrogen (secondary N) is 2. The van der Waals surface area contributed by atoms with Gasteiger partial charge >= 0.3 is 0 Å². The molecule has 5 rings (SSSR count). The third kappa shape index (κ3) is 5.89. The lowest BCUT2D eigenvalue weighted by Gasteiger charge is -2.26. The molecular weight excluding hydrogens is 432 g/mol. The number of ether oxygens (including phenoxy) is 1. The molecule has 4 unspecified atom stereocenters. The molecule has 0 spiro atoms. The first-order valence-electron chi connectivity index (χ1n) is 12.2. The van der Waals surface area contributed by atoms with Crippen molar-refractivity contribution in [3.05, 3.63) is 53.6 Å². The molecule has 2 heterocycles. The second kappa shape index (κ2) is 10.5. The predicted octanol–water partition coefficient (Wildman–Crippen LogP) is 2.87. The number of fused-ring (bicyclic) bond motifs is 1. The summed E-state index contributed by atoms with van der Waals surface area (Å²) in [6, 6.07) is 8.03. The molecule has 2 N–H and O–H groups in total. The average Bonchev–Trinajstić information content (AvgIpc) is 3.24. The van der Waals surface area contributed by atoms with E-state index in [2.05, 4.69) is 40.7 Å². The highest BCUT2D eigenvalue weighted by molar-refractivity contribution is 8.14. The Balaban J connectivity index is 1.06. The summed E-state index contributed by atoms with van der Waals surface area (Å²) in [5, 5.41) is 7.12. The van der Waals surface area contributed by atoms with Gasteiger partial charge in [-0.1, -0.05) is 49.0 Å². The lowest BCUT2D eigenvalue weighted by atomic mass is 10.0. The number of allylic oxidation sites excluding steroid dienone is 2. The van der Waals surface area contributed by atoms with Crippen LogP contribution in [-0.2, 0) is 11.2 Å². The normalized spacial score (nSPS) is 28.6. The van der Waals surface area contributed by atoms with Crippen LogP contribution in [0.2, 0.25) is 0 Å². The summed E-state index contributed by atoms with van der Waals surface area (Å²) in [5.41, 5.74) is 2.26. The molecule has 33 heavy (non-hydrogen) atoms. The van der Waals surface area contributed by atoms with Crippen molar-refractivity contribution in [3.8, 4) is 5.75 Å². The molecule has 1 saturated heterocycles. The highest BCUT2D eigenvalue weighted by Gasteiger charge is 2.45. The van der Waals surface area contributed by atoms with E-state index in [1.807, 2.05) is 24.3 Å². The number of thioether (sulfide) groups is 1. The fourth-order valence-corrected chi connectivity index (χ4v) is 5.90. The molecule has 2 aliphatic heterocycles. The number of hydrogen-bond acceptors (Lipinski definition) is 6. The molecule has 1 saturated carbocycles. The first-order chi connectivity index (χ1) is 16.2. The fraction of sp³-hybridized carbons (Fsp3) is 0.538. The minimum Gasteiger partial charge on any atom is -0.494 e. The Hall–Kier alpha value is -2.09. The third-order valence-corrected chi connectivity index (χ3v) is 8.02. The molecule has 2 aliphatic carbocycles. The predicted molar refractivity (Wildman–Crippen MR) is 135 cm³/mol. The van der Waals surface area contributed by atoms with E-state index in [-0.39, 0.29) is 11.9 Å². The van der Waals surface area contributed by atoms with Gasteiger partial charge in [-0.15, -0.1) is 0 Å². The highest BCUT2D eigenvalue weighted by atomic mass is 32.2. The first-order valence-corrected chi connectivity index (χ1v) is 13.2. The summed E-state index contributed by atoms with van der Waals surface area (Å²) < 4.78 is 5.94. The van der Waals surface area contributed by atoms with E-state index in [1.54, 1.807) is 11.8 Å². The molecule has 7 heteroatoms. The Labute approximate surface area is 200 Å². The molecular formula is C26H34N4O2S. The first kappa shape index (κ1) is 22.7. The Morgan fingerprint density at radius 1 is 1.30 bits per heavy atom. The Morgan fingerprint density at radius 2 is 2.18 bits per heavy atom. The molecule has 0 aromatic heterocycles. The van der Waals surface area contributed by atoms with Gasteiger partial charge < -0.3 is 20.3 Å². The third-order valence-electron chi connectivity index (χ3n) is 7.06. The Bertz CT molecular complexity index is 953. The smallest absolute Gasteiger partial charge is 0.230 e. The number of amidine groups is 1. The van der Waals surface area contributed by atoms with Crippen LogP contribution in [0.3, 0.4) is 0 Å². The van der Waals surface area contributed by atoms with E-state index >= 15 is 0 Å². The molecule has 0 bridgehead atoms. The van der Waals surface area contributed by atoms with Crippen molar-refractivity contribution in [2.45, 2.75) is 25.8 Å². The summed E-state index contributed by atoms with van der Waals surface area (Å²) >= 11 is 1.64. The van der Waals surface area contributed by atoms with Crippen molar-refractivity contribution in [1.29, 1.82) is 0 Å². The zero-order chi connectivity index (χ0) is 22.6. The van der Waals surface area contributed by atoms with Gasteiger partial charge in [-0.05, 0) is 47.4 Å². The molecule has 1 aromatic carbocycles. The van der Waals surface area contributed by atoms with Gasteiger partial charge in [0.2, 0.25) is 5.91 Å². The minimum atomic E-state index is -0.0261. The summed E-state index contributed by atoms with van der Waals surface area (Å²) in [7, 11) is 0. The topological polar surface area (TPSA) is 66.0 Å². The van der Waals surface area contributed by atoms with Gasteiger partial charge in [-0.3, -0.25) is 9.79 Å². The van der Waals surface area contributed by atoms with E-state index in [4.69, 9.17) is 9.73 Å². The molecule has 4 atom stereocenters. The second-order valence-electron chi connectivity index (χ2n) is 9.47. The molecule has 1 amide bonds. The minimum absolute atomic E-state index is 0.0261. The number of carbonyl (C=O) groups is 1. The van der Waals surface area contributed by atoms with Crippen molar-refractivity contribution in [3.63, 3.8) is 0 Å². The van der Waals surface area contributed by atoms with Crippen LogP contribution in [0.15, 0.2) is 53.1 Å². The largest absolute Gasteiger partial charge is 0.494 e. The molecule has 176 valence electrons. The van der Waals surface area contributed by atoms with Gasteiger partial charge in [-0.25, -0.2) is 0 Å². The number of benzene rings is 1. The van der Waals surface area contributed by atoms with Gasteiger partial charge in [0.25, 0.3) is 0 Å². The van der Waals surface area contributed by atoms with Crippen LogP contribution < -0.4 is 15.4 Å². The fourth-order valence-electron chi connectivity index (χ4n) is 4.93. The lowest BCUT2D eigenvalue weighted by Crippen LogP contribution is -2.43. The van der Waals surface area contributed by atoms with Crippen LogP contribution in [0, 0.1) is 17.8 Å². The number of hydrogen-bond donors (Lipinski definition) is 2. The number of amides is 1. The van der Waals surface area contributed by atoms with Crippen LogP contribution in [-0.4, -0.2) is 67.1 Å². The van der Waals surface area contributed by atoms with Crippen molar-refractivity contribution in [2.75, 3.05) is 45.1 Å². The SMILES string of the molecule is CC1C2C=CC(C3CSC(NC(=O)Cc4cccc(OCCCN5CCNCC5)c4)=N3)=CC12. The van der Waals surface area contributed by atoms with Gasteiger partial charge in [0.05, 0.1) is 19.1 Å². The maximum absolute atomic E-state index is 12.6. The maximum atomic E-state index is 12.6. The number of carbonyl (C=O) groups excluding carboxylic acids is 1. The van der Waals surface area contributed by atoms with Gasteiger partial charge in [0.1, 0.15) is 5.75 Å². The van der Waals surface area contributed by atoms with Crippen molar-refractivity contribution < 1.29 is 9.53 Å². The Kier molecular flexibility index (Phi) is 7.19. The van der Waals surface area contributed by atoms with Gasteiger partial charge in [-0.2, -0.15) is 0 Å². The van der Waals surface area contributed by atoms with Crippen molar-refractivity contribution in [1.82, 2.24) is 15.5 Å². The number of aliphatic imine (C=N–C) groups is 1. The van der Waals surface area contributed by atoms with E-state index in [1.165, 1.54) is 5.57 Å². The monoisotopic (exact) mass is 466 g/mol. The zero-order valence-electron chi connectivity index (χ0n) is 19.3. The van der Waals surface area contributed by atoms with Crippen LogP contribution in [0.1, 0.15) is 18.9 Å². The average molecular weight is 467 g/mol. The molecule has 0 radical (unpaired) electrons. The summed E-state index contributed by atoms with van der Waals surface area (Å²) in [4.78, 5) is 19.9. The Morgan fingerprint density at radius 3 is 3.03 bits per heavy atom. The van der Waals surface area contributed by atoms with Gasteiger partial charge in [0, 0.05) is 38.5 Å². The van der Waals surface area contributed by atoms with Crippen LogP contribution >= 0.6 is 11.8 Å². The van der Waals surface area contributed by atoms with E-state index in [0.29, 0.717) is 18.9 Å². The van der Waals surface area contributed by atoms with Crippen molar-refractivity contribution >= 4 is 22.8 Å². The zero-order valence-corrected chi connectivity index (χ0v) is 20.2. The van der Waals surface area contributed by atoms with E-state index in [9.17, 15) is 4.79 Å². The van der Waals surface area contributed by atoms with E-state index < -0.39 is 0 Å². The van der Waals surface area contributed by atoms with Crippen molar-refractivity contribution in [2.24, 2.45) is 22.7 Å².